The van der Waals surface area contributed by atoms with Crippen molar-refractivity contribution in [3.05, 3.63) is 65.5 Å². The summed E-state index contributed by atoms with van der Waals surface area (Å²) >= 11 is 0. The highest BCUT2D eigenvalue weighted by Crippen LogP contribution is 2.24. The number of benzene rings is 2. The topological polar surface area (TPSA) is 49.3 Å². The molecule has 0 unspecified atom stereocenters. The van der Waals surface area contributed by atoms with Crippen molar-refractivity contribution in [2.75, 3.05) is 11.9 Å². The first kappa shape index (κ1) is 15.0. The highest BCUT2D eigenvalue weighted by Gasteiger charge is 2.20. The molecule has 2 aromatic carbocycles. The predicted octanol–water partition coefficient (Wildman–Crippen LogP) is 3.91. The number of halogens is 1. The number of nitrogens with one attached hydrogen (secondary N) is 1. The molecular weight excluding hydrogens is 269 g/mol. The number of carboxylic acids is 1. The quantitative estimate of drug-likeness (QED) is 0.876. The van der Waals surface area contributed by atoms with Crippen LogP contribution in [0.3, 0.4) is 0 Å². The van der Waals surface area contributed by atoms with Crippen molar-refractivity contribution in [1.29, 1.82) is 0 Å². The molecule has 0 aliphatic rings. The van der Waals surface area contributed by atoms with Crippen LogP contribution in [0.4, 0.5) is 10.1 Å². The van der Waals surface area contributed by atoms with Gasteiger partial charge in [0.2, 0.25) is 0 Å². The first-order chi connectivity index (χ1) is 9.90. The standard InChI is InChI=1S/C17H18FNO2/c1-17(2,12-6-4-3-5-7-12)11-19-13-8-9-15(18)14(10-13)16(20)21/h3-10,19H,11H2,1-2H3,(H,20,21). The van der Waals surface area contributed by atoms with Gasteiger partial charge in [0.25, 0.3) is 0 Å². The fourth-order valence-corrected chi connectivity index (χ4v) is 2.11. The zero-order valence-corrected chi connectivity index (χ0v) is 12.1. The molecule has 0 saturated carbocycles. The zero-order valence-electron chi connectivity index (χ0n) is 12.1. The third-order valence-electron chi connectivity index (χ3n) is 3.49. The van der Waals surface area contributed by atoms with Crippen molar-refractivity contribution in [2.24, 2.45) is 0 Å². The maximum atomic E-state index is 13.4. The normalized spacial score (nSPS) is 11.2. The van der Waals surface area contributed by atoms with E-state index in [1.54, 1.807) is 6.07 Å². The van der Waals surface area contributed by atoms with Crippen molar-refractivity contribution in [2.45, 2.75) is 19.3 Å². The van der Waals surface area contributed by atoms with E-state index >= 15 is 0 Å². The molecule has 0 saturated heterocycles. The van der Waals surface area contributed by atoms with Crippen molar-refractivity contribution < 1.29 is 14.3 Å². The molecule has 0 fully saturated rings. The summed E-state index contributed by atoms with van der Waals surface area (Å²) < 4.78 is 13.4. The van der Waals surface area contributed by atoms with Crippen molar-refractivity contribution >= 4 is 11.7 Å². The van der Waals surface area contributed by atoms with E-state index in [-0.39, 0.29) is 11.0 Å². The Hall–Kier alpha value is -2.36. The number of anilines is 1. The van der Waals surface area contributed by atoms with Crippen LogP contribution in [-0.4, -0.2) is 17.6 Å². The third kappa shape index (κ3) is 3.60. The summed E-state index contributed by atoms with van der Waals surface area (Å²) in [6, 6.07) is 14.1. The highest BCUT2D eigenvalue weighted by atomic mass is 19.1. The summed E-state index contributed by atoms with van der Waals surface area (Å²) in [5, 5.41) is 12.1. The molecular formula is C17H18FNO2. The molecule has 0 spiro atoms. The second-order valence-corrected chi connectivity index (χ2v) is 5.60. The lowest BCUT2D eigenvalue weighted by molar-refractivity contribution is 0.0692. The maximum Gasteiger partial charge on any atom is 0.338 e. The maximum absolute atomic E-state index is 13.4. The zero-order chi connectivity index (χ0) is 15.5. The molecule has 0 aromatic heterocycles. The van der Waals surface area contributed by atoms with Gasteiger partial charge in [0.1, 0.15) is 5.82 Å². The molecule has 4 heteroatoms. The molecule has 0 heterocycles. The molecule has 0 radical (unpaired) electrons. The van der Waals surface area contributed by atoms with Gasteiger partial charge in [-0.3, -0.25) is 0 Å². The lowest BCUT2D eigenvalue weighted by Gasteiger charge is -2.26. The van der Waals surface area contributed by atoms with Gasteiger partial charge in [-0.25, -0.2) is 9.18 Å². The summed E-state index contributed by atoms with van der Waals surface area (Å²) in [6.07, 6.45) is 0. The van der Waals surface area contributed by atoms with E-state index < -0.39 is 11.8 Å². The minimum absolute atomic E-state index is 0.126. The van der Waals surface area contributed by atoms with Gasteiger partial charge in [-0.1, -0.05) is 44.2 Å². The van der Waals surface area contributed by atoms with Gasteiger partial charge in [0.05, 0.1) is 5.56 Å². The largest absolute Gasteiger partial charge is 0.478 e. The Balaban J connectivity index is 2.13. The number of rotatable bonds is 5. The smallest absolute Gasteiger partial charge is 0.338 e. The van der Waals surface area contributed by atoms with Crippen molar-refractivity contribution in [3.8, 4) is 0 Å². The Morgan fingerprint density at radius 1 is 1.19 bits per heavy atom. The Morgan fingerprint density at radius 2 is 1.86 bits per heavy atom. The summed E-state index contributed by atoms with van der Waals surface area (Å²) in [7, 11) is 0. The molecule has 0 amide bonds. The number of carbonyl (C=O) groups is 1. The van der Waals surface area contributed by atoms with Gasteiger partial charge in [0.15, 0.2) is 0 Å². The van der Waals surface area contributed by atoms with Crippen LogP contribution in [0.1, 0.15) is 29.8 Å². The Kier molecular flexibility index (Phi) is 4.26. The number of aromatic carboxylic acids is 1. The van der Waals surface area contributed by atoms with Crippen LogP contribution in [0.15, 0.2) is 48.5 Å². The fraction of sp³-hybridized carbons (Fsp3) is 0.235. The van der Waals surface area contributed by atoms with E-state index in [2.05, 4.69) is 31.3 Å². The number of hydrogen-bond acceptors (Lipinski definition) is 2. The summed E-state index contributed by atoms with van der Waals surface area (Å²) in [6.45, 7) is 4.80. The average Bonchev–Trinajstić information content (AvgIpc) is 2.47. The minimum atomic E-state index is -1.27. The molecule has 110 valence electrons. The molecule has 0 atom stereocenters. The fourth-order valence-electron chi connectivity index (χ4n) is 2.11. The van der Waals surface area contributed by atoms with E-state index in [1.807, 2.05) is 18.2 Å². The Morgan fingerprint density at radius 3 is 2.48 bits per heavy atom. The van der Waals surface area contributed by atoms with Gasteiger partial charge >= 0.3 is 5.97 Å². The molecule has 0 bridgehead atoms. The summed E-state index contributed by atoms with van der Waals surface area (Å²) in [4.78, 5) is 10.9. The first-order valence-corrected chi connectivity index (χ1v) is 6.72. The number of carboxylic acid groups (broad SMARTS) is 1. The monoisotopic (exact) mass is 287 g/mol. The molecule has 2 N–H and O–H groups in total. The Bertz CT molecular complexity index is 638. The molecule has 0 aliphatic carbocycles. The average molecular weight is 287 g/mol. The minimum Gasteiger partial charge on any atom is -0.478 e. The van der Waals surface area contributed by atoms with Crippen molar-refractivity contribution in [1.82, 2.24) is 0 Å². The molecule has 2 aromatic rings. The van der Waals surface area contributed by atoms with Crippen LogP contribution in [-0.2, 0) is 5.41 Å². The highest BCUT2D eigenvalue weighted by molar-refractivity contribution is 5.89. The molecule has 2 rings (SSSR count). The van der Waals surface area contributed by atoms with Crippen LogP contribution < -0.4 is 5.32 Å². The van der Waals surface area contributed by atoms with Gasteiger partial charge in [-0.15, -0.1) is 0 Å². The lowest BCUT2D eigenvalue weighted by Crippen LogP contribution is -2.27. The SMILES string of the molecule is CC(C)(CNc1ccc(F)c(C(=O)O)c1)c1ccccc1. The van der Waals surface area contributed by atoms with Crippen LogP contribution in [0.2, 0.25) is 0 Å². The van der Waals surface area contributed by atoms with E-state index in [9.17, 15) is 9.18 Å². The van der Waals surface area contributed by atoms with Gasteiger partial charge in [-0.05, 0) is 23.8 Å². The van der Waals surface area contributed by atoms with E-state index in [0.29, 0.717) is 12.2 Å². The Labute approximate surface area is 123 Å². The van der Waals surface area contributed by atoms with Crippen LogP contribution >= 0.6 is 0 Å². The van der Waals surface area contributed by atoms with E-state index in [1.165, 1.54) is 17.7 Å². The second kappa shape index (κ2) is 5.95. The van der Waals surface area contributed by atoms with Crippen LogP contribution in [0.25, 0.3) is 0 Å². The van der Waals surface area contributed by atoms with Gasteiger partial charge in [0, 0.05) is 17.6 Å². The molecule has 3 nitrogen and oxygen atoms in total. The van der Waals surface area contributed by atoms with Gasteiger partial charge < -0.3 is 10.4 Å². The third-order valence-corrected chi connectivity index (χ3v) is 3.49. The first-order valence-electron chi connectivity index (χ1n) is 6.72. The van der Waals surface area contributed by atoms with E-state index in [0.717, 1.165) is 0 Å². The van der Waals surface area contributed by atoms with Crippen LogP contribution in [0.5, 0.6) is 0 Å². The van der Waals surface area contributed by atoms with E-state index in [4.69, 9.17) is 5.11 Å². The summed E-state index contributed by atoms with van der Waals surface area (Å²) in [5.74, 6) is -1.99. The number of hydrogen-bond donors (Lipinski definition) is 2. The molecule has 0 aliphatic heterocycles. The van der Waals surface area contributed by atoms with Crippen LogP contribution in [0, 0.1) is 5.82 Å². The predicted molar refractivity (Wildman–Crippen MR) is 81.3 cm³/mol. The molecule has 21 heavy (non-hydrogen) atoms. The van der Waals surface area contributed by atoms with Crippen molar-refractivity contribution in [3.63, 3.8) is 0 Å². The second-order valence-electron chi connectivity index (χ2n) is 5.60. The van der Waals surface area contributed by atoms with Gasteiger partial charge in [-0.2, -0.15) is 0 Å². The lowest BCUT2D eigenvalue weighted by atomic mass is 9.84. The summed E-state index contributed by atoms with van der Waals surface area (Å²) in [5.41, 5.74) is 1.33.